The third-order valence-electron chi connectivity index (χ3n) is 4.56. The molecule has 1 aromatic heterocycles. The number of fused-ring (bicyclic) bond motifs is 1. The van der Waals surface area contributed by atoms with Crippen molar-refractivity contribution in [2.75, 3.05) is 12.0 Å². The van der Waals surface area contributed by atoms with Gasteiger partial charge < -0.3 is 10.4 Å². The molecule has 1 heterocycles. The summed E-state index contributed by atoms with van der Waals surface area (Å²) in [5.41, 5.74) is 0.0306. The molecular formula is C18H24N4O4S. The lowest BCUT2D eigenvalue weighted by Gasteiger charge is -2.24. The Morgan fingerprint density at radius 1 is 1.33 bits per heavy atom. The van der Waals surface area contributed by atoms with E-state index in [2.05, 4.69) is 15.6 Å². The first kappa shape index (κ1) is 20.9. The number of hydrogen-bond donors (Lipinski definition) is 2. The molecule has 9 heteroatoms. The fourth-order valence-electron chi connectivity index (χ4n) is 2.73. The third-order valence-corrected chi connectivity index (χ3v) is 5.21. The molecule has 146 valence electrons. The Kier molecular flexibility index (Phi) is 7.35. The molecule has 2 rings (SSSR count). The maximum absolute atomic E-state index is 12.9. The van der Waals surface area contributed by atoms with Gasteiger partial charge in [0.15, 0.2) is 0 Å². The number of carboxylic acids is 1. The molecule has 27 heavy (non-hydrogen) atoms. The van der Waals surface area contributed by atoms with E-state index in [-0.39, 0.29) is 5.92 Å². The summed E-state index contributed by atoms with van der Waals surface area (Å²) in [6, 6.07) is 4.83. The molecular weight excluding hydrogens is 368 g/mol. The van der Waals surface area contributed by atoms with Crippen LogP contribution in [0.5, 0.6) is 0 Å². The molecule has 0 spiro atoms. The van der Waals surface area contributed by atoms with Crippen molar-refractivity contribution in [3.05, 3.63) is 34.6 Å². The first-order valence-corrected chi connectivity index (χ1v) is 10.2. The van der Waals surface area contributed by atoms with Crippen LogP contribution in [0.2, 0.25) is 0 Å². The number of hydrogen-bond acceptors (Lipinski definition) is 6. The van der Waals surface area contributed by atoms with Gasteiger partial charge >= 0.3 is 5.97 Å². The number of rotatable bonds is 9. The number of carbonyl (C=O) groups is 2. The van der Waals surface area contributed by atoms with Crippen molar-refractivity contribution in [2.24, 2.45) is 5.92 Å². The molecule has 0 aliphatic carbocycles. The standard InChI is InChI=1S/C18H24N4O4S/c1-4-11(2)15(18(25)26)19-16(23)14(9-10-27-3)22-17(24)12-7-5-6-8-13(12)20-21-22/h5-8,11,14-15H,4,9-10H2,1-3H3,(H,19,23)(H,25,26). The van der Waals surface area contributed by atoms with Crippen molar-refractivity contribution in [3.8, 4) is 0 Å². The number of carbonyl (C=O) groups excluding carboxylic acids is 1. The van der Waals surface area contributed by atoms with Crippen LogP contribution in [-0.4, -0.2) is 50.0 Å². The molecule has 2 aromatic rings. The number of carboxylic acid groups (broad SMARTS) is 1. The van der Waals surface area contributed by atoms with E-state index in [1.54, 1.807) is 31.2 Å². The molecule has 0 saturated heterocycles. The predicted octanol–water partition coefficient (Wildman–Crippen LogP) is 1.70. The van der Waals surface area contributed by atoms with Gasteiger partial charge in [-0.2, -0.15) is 16.4 Å². The lowest BCUT2D eigenvalue weighted by atomic mass is 9.99. The summed E-state index contributed by atoms with van der Waals surface area (Å²) in [6.07, 6.45) is 2.83. The van der Waals surface area contributed by atoms with Gasteiger partial charge in [0.25, 0.3) is 5.56 Å². The number of thioether (sulfide) groups is 1. The number of nitrogens with zero attached hydrogens (tertiary/aromatic N) is 3. The predicted molar refractivity (Wildman–Crippen MR) is 105 cm³/mol. The highest BCUT2D eigenvalue weighted by molar-refractivity contribution is 7.98. The Bertz CT molecular complexity index is 870. The molecule has 0 radical (unpaired) electrons. The summed E-state index contributed by atoms with van der Waals surface area (Å²) in [4.78, 5) is 37.2. The topological polar surface area (TPSA) is 114 Å². The summed E-state index contributed by atoms with van der Waals surface area (Å²) in [7, 11) is 0. The first-order valence-electron chi connectivity index (χ1n) is 8.77. The molecule has 8 nitrogen and oxygen atoms in total. The molecule has 0 fully saturated rings. The van der Waals surface area contributed by atoms with Crippen LogP contribution in [0.3, 0.4) is 0 Å². The zero-order valence-electron chi connectivity index (χ0n) is 15.6. The van der Waals surface area contributed by atoms with Crippen molar-refractivity contribution < 1.29 is 14.7 Å². The second-order valence-corrected chi connectivity index (χ2v) is 7.35. The molecule has 0 bridgehead atoms. The van der Waals surface area contributed by atoms with Crippen molar-refractivity contribution in [3.63, 3.8) is 0 Å². The number of amides is 1. The van der Waals surface area contributed by atoms with Crippen LogP contribution < -0.4 is 10.9 Å². The van der Waals surface area contributed by atoms with Gasteiger partial charge in [-0.1, -0.05) is 37.6 Å². The maximum atomic E-state index is 12.9. The Hall–Kier alpha value is -2.42. The monoisotopic (exact) mass is 392 g/mol. The molecule has 1 amide bonds. The highest BCUT2D eigenvalue weighted by Crippen LogP contribution is 2.16. The van der Waals surface area contributed by atoms with Crippen LogP contribution in [0.15, 0.2) is 29.1 Å². The fraction of sp³-hybridized carbons (Fsp3) is 0.500. The Labute approximate surface area is 161 Å². The normalized spacial score (nSPS) is 14.5. The van der Waals surface area contributed by atoms with Crippen molar-refractivity contribution in [1.29, 1.82) is 0 Å². The van der Waals surface area contributed by atoms with E-state index in [1.165, 1.54) is 11.8 Å². The zero-order valence-corrected chi connectivity index (χ0v) is 16.4. The molecule has 0 saturated carbocycles. The van der Waals surface area contributed by atoms with Gasteiger partial charge in [-0.15, -0.1) is 5.10 Å². The second-order valence-electron chi connectivity index (χ2n) is 6.36. The van der Waals surface area contributed by atoms with Gasteiger partial charge in [-0.25, -0.2) is 4.79 Å². The molecule has 2 N–H and O–H groups in total. The van der Waals surface area contributed by atoms with Crippen molar-refractivity contribution in [2.45, 2.75) is 38.8 Å². The highest BCUT2D eigenvalue weighted by Gasteiger charge is 2.30. The number of aliphatic carboxylic acids is 1. The van der Waals surface area contributed by atoms with Crippen LogP contribution in [0.1, 0.15) is 32.7 Å². The van der Waals surface area contributed by atoms with Gasteiger partial charge in [0.1, 0.15) is 17.6 Å². The van der Waals surface area contributed by atoms with Crippen LogP contribution in [0.25, 0.3) is 10.9 Å². The van der Waals surface area contributed by atoms with E-state index in [4.69, 9.17) is 0 Å². The summed E-state index contributed by atoms with van der Waals surface area (Å²) in [5, 5.41) is 20.3. The van der Waals surface area contributed by atoms with E-state index < -0.39 is 29.5 Å². The van der Waals surface area contributed by atoms with Crippen molar-refractivity contribution in [1.82, 2.24) is 20.3 Å². The van der Waals surface area contributed by atoms with Crippen LogP contribution >= 0.6 is 11.8 Å². The molecule has 3 atom stereocenters. The number of nitrogens with one attached hydrogen (secondary N) is 1. The lowest BCUT2D eigenvalue weighted by molar-refractivity contribution is -0.144. The van der Waals surface area contributed by atoms with E-state index >= 15 is 0 Å². The summed E-state index contributed by atoms with van der Waals surface area (Å²) >= 11 is 1.53. The van der Waals surface area contributed by atoms with Gasteiger partial charge in [-0.3, -0.25) is 9.59 Å². The Morgan fingerprint density at radius 3 is 2.67 bits per heavy atom. The minimum absolute atomic E-state index is 0.243. The van der Waals surface area contributed by atoms with Crippen LogP contribution in [0, 0.1) is 5.92 Å². The minimum atomic E-state index is -1.10. The average Bonchev–Trinajstić information content (AvgIpc) is 2.67. The quantitative estimate of drug-likeness (QED) is 0.667. The second kappa shape index (κ2) is 9.50. The van der Waals surface area contributed by atoms with Gasteiger partial charge in [0, 0.05) is 0 Å². The van der Waals surface area contributed by atoms with Gasteiger partial charge in [-0.05, 0) is 36.5 Å². The molecule has 1 aromatic carbocycles. The molecule has 0 aliphatic heterocycles. The smallest absolute Gasteiger partial charge is 0.326 e. The first-order chi connectivity index (χ1) is 12.9. The van der Waals surface area contributed by atoms with Crippen molar-refractivity contribution >= 4 is 34.5 Å². The zero-order chi connectivity index (χ0) is 20.0. The SMILES string of the molecule is CCC(C)C(NC(=O)C(CCSC)n1nnc2ccccc2c1=O)C(=O)O. The minimum Gasteiger partial charge on any atom is -0.480 e. The van der Waals surface area contributed by atoms with Gasteiger partial charge in [0.05, 0.1) is 5.39 Å². The van der Waals surface area contributed by atoms with E-state index in [0.29, 0.717) is 29.5 Å². The van der Waals surface area contributed by atoms with Crippen LogP contribution in [0.4, 0.5) is 0 Å². The van der Waals surface area contributed by atoms with Gasteiger partial charge in [0.2, 0.25) is 5.91 Å². The Balaban J connectivity index is 2.40. The largest absolute Gasteiger partial charge is 0.480 e. The third kappa shape index (κ3) is 4.85. The summed E-state index contributed by atoms with van der Waals surface area (Å²) in [5.74, 6) is -1.27. The summed E-state index contributed by atoms with van der Waals surface area (Å²) < 4.78 is 1.06. The highest BCUT2D eigenvalue weighted by atomic mass is 32.2. The fourth-order valence-corrected chi connectivity index (χ4v) is 3.19. The molecule has 3 unspecified atom stereocenters. The Morgan fingerprint density at radius 2 is 2.04 bits per heavy atom. The van der Waals surface area contributed by atoms with E-state index in [1.807, 2.05) is 13.2 Å². The summed E-state index contributed by atoms with van der Waals surface area (Å²) in [6.45, 7) is 3.62. The number of aromatic nitrogens is 3. The lowest BCUT2D eigenvalue weighted by Crippen LogP contribution is -2.49. The number of benzene rings is 1. The maximum Gasteiger partial charge on any atom is 0.326 e. The molecule has 0 aliphatic rings. The van der Waals surface area contributed by atoms with E-state index in [9.17, 15) is 19.5 Å². The van der Waals surface area contributed by atoms with E-state index in [0.717, 1.165) is 4.68 Å². The average molecular weight is 392 g/mol. The van der Waals surface area contributed by atoms with Crippen LogP contribution in [-0.2, 0) is 9.59 Å².